The quantitative estimate of drug-likeness (QED) is 0.231. The summed E-state index contributed by atoms with van der Waals surface area (Å²) < 4.78 is 38.6. The van der Waals surface area contributed by atoms with E-state index in [0.717, 1.165) is 34.6 Å². The summed E-state index contributed by atoms with van der Waals surface area (Å²) in [5, 5.41) is 11.2. The Hall–Kier alpha value is -4.05. The Bertz CT molecular complexity index is 1480. The van der Waals surface area contributed by atoms with Crippen LogP contribution in [0, 0.1) is 0 Å². The molecule has 0 saturated carbocycles. The number of nitrogens with zero attached hydrogens (tertiary/aromatic N) is 3. The van der Waals surface area contributed by atoms with Gasteiger partial charge in [-0.1, -0.05) is 86.7 Å². The lowest BCUT2D eigenvalue weighted by molar-refractivity contribution is -0.137. The first-order valence-electron chi connectivity index (χ1n) is 13.1. The smallest absolute Gasteiger partial charge is 0.331 e. The minimum Gasteiger partial charge on any atom is -0.331 e. The van der Waals surface area contributed by atoms with Gasteiger partial charge < -0.3 is 10.2 Å². The summed E-state index contributed by atoms with van der Waals surface area (Å²) in [4.78, 5) is 28.2. The molecule has 1 unspecified atom stereocenters. The predicted octanol–water partition coefficient (Wildman–Crippen LogP) is 7.75. The van der Waals surface area contributed by atoms with Crippen molar-refractivity contribution < 1.29 is 22.8 Å². The molecule has 0 radical (unpaired) electrons. The summed E-state index contributed by atoms with van der Waals surface area (Å²) in [7, 11) is 0. The Morgan fingerprint density at radius 1 is 0.878 bits per heavy atom. The molecule has 214 valence electrons. The molecule has 1 heterocycles. The Balaban J connectivity index is 1.45. The van der Waals surface area contributed by atoms with E-state index in [1.165, 1.54) is 12.1 Å². The van der Waals surface area contributed by atoms with Gasteiger partial charge in [0.1, 0.15) is 5.01 Å². The van der Waals surface area contributed by atoms with Crippen molar-refractivity contribution in [3.63, 3.8) is 0 Å². The molecule has 4 aromatic rings. The number of rotatable bonds is 8. The van der Waals surface area contributed by atoms with E-state index in [9.17, 15) is 22.8 Å². The molecular formula is C31H31F3N4O2S. The van der Waals surface area contributed by atoms with E-state index in [2.05, 4.69) is 36.3 Å². The molecule has 0 aliphatic heterocycles. The summed E-state index contributed by atoms with van der Waals surface area (Å²) in [6.45, 7) is 8.41. The van der Waals surface area contributed by atoms with Gasteiger partial charge in [0.2, 0.25) is 11.0 Å². The van der Waals surface area contributed by atoms with Gasteiger partial charge in [0.15, 0.2) is 0 Å². The summed E-state index contributed by atoms with van der Waals surface area (Å²) >= 11 is 1.06. The van der Waals surface area contributed by atoms with E-state index in [-0.39, 0.29) is 41.4 Å². The van der Waals surface area contributed by atoms with Gasteiger partial charge in [-0.15, -0.1) is 10.2 Å². The van der Waals surface area contributed by atoms with E-state index >= 15 is 0 Å². The van der Waals surface area contributed by atoms with Crippen LogP contribution in [0.25, 0.3) is 10.6 Å². The molecule has 0 bridgehead atoms. The molecule has 0 saturated heterocycles. The van der Waals surface area contributed by atoms with Crippen molar-refractivity contribution in [2.45, 2.75) is 51.7 Å². The Kier molecular flexibility index (Phi) is 8.92. The second-order valence-corrected chi connectivity index (χ2v) is 11.7. The molecule has 4 rings (SSSR count). The van der Waals surface area contributed by atoms with Crippen molar-refractivity contribution in [2.75, 3.05) is 11.9 Å². The average molecular weight is 581 g/mol. The van der Waals surface area contributed by atoms with E-state index < -0.39 is 11.7 Å². The third-order valence-electron chi connectivity index (χ3n) is 6.72. The highest BCUT2D eigenvalue weighted by Crippen LogP contribution is 2.32. The molecule has 0 aliphatic carbocycles. The van der Waals surface area contributed by atoms with Crippen LogP contribution in [0.4, 0.5) is 18.3 Å². The van der Waals surface area contributed by atoms with Crippen molar-refractivity contribution in [3.8, 4) is 10.6 Å². The van der Waals surface area contributed by atoms with Crippen molar-refractivity contribution in [1.29, 1.82) is 0 Å². The number of benzene rings is 3. The topological polar surface area (TPSA) is 75.2 Å². The maximum Gasteiger partial charge on any atom is 0.416 e. The van der Waals surface area contributed by atoms with Crippen LogP contribution in [0.1, 0.15) is 67.2 Å². The zero-order valence-electron chi connectivity index (χ0n) is 23.2. The second kappa shape index (κ2) is 12.2. The SMILES string of the molecule is CC(c1ccccc1)N(CCC(=O)Nc1nnc(-c2ccc(C(F)(F)F)cc2)s1)C(=O)c1ccc(C(C)(C)C)cc1. The first kappa shape index (κ1) is 29.9. The molecule has 0 fully saturated rings. The van der Waals surface area contributed by atoms with E-state index in [1.807, 2.05) is 61.5 Å². The van der Waals surface area contributed by atoms with Gasteiger partial charge in [0, 0.05) is 24.1 Å². The number of halogens is 3. The van der Waals surface area contributed by atoms with Gasteiger partial charge in [-0.05, 0) is 47.7 Å². The van der Waals surface area contributed by atoms with Crippen molar-refractivity contribution in [3.05, 3.63) is 101 Å². The Morgan fingerprint density at radius 2 is 1.49 bits per heavy atom. The Labute approximate surface area is 241 Å². The molecule has 6 nitrogen and oxygen atoms in total. The van der Waals surface area contributed by atoms with Crippen LogP contribution in [0.15, 0.2) is 78.9 Å². The summed E-state index contributed by atoms with van der Waals surface area (Å²) in [6.07, 6.45) is -4.42. The number of hydrogen-bond donors (Lipinski definition) is 1. The summed E-state index contributed by atoms with van der Waals surface area (Å²) in [6, 6.07) is 21.4. The lowest BCUT2D eigenvalue weighted by atomic mass is 9.86. The van der Waals surface area contributed by atoms with Gasteiger partial charge in [-0.3, -0.25) is 9.59 Å². The predicted molar refractivity (Wildman–Crippen MR) is 155 cm³/mol. The highest BCUT2D eigenvalue weighted by molar-refractivity contribution is 7.18. The van der Waals surface area contributed by atoms with Crippen LogP contribution in [-0.4, -0.2) is 33.5 Å². The number of nitrogens with one attached hydrogen (secondary N) is 1. The highest BCUT2D eigenvalue weighted by Gasteiger charge is 2.30. The monoisotopic (exact) mass is 580 g/mol. The fraction of sp³-hybridized carbons (Fsp3) is 0.290. The number of amides is 2. The lowest BCUT2D eigenvalue weighted by Gasteiger charge is -2.30. The molecule has 0 spiro atoms. The molecule has 1 aromatic heterocycles. The number of anilines is 1. The van der Waals surface area contributed by atoms with Crippen LogP contribution in [0.3, 0.4) is 0 Å². The Morgan fingerprint density at radius 3 is 2.07 bits per heavy atom. The van der Waals surface area contributed by atoms with Gasteiger partial charge in [-0.2, -0.15) is 13.2 Å². The zero-order valence-corrected chi connectivity index (χ0v) is 24.0. The van der Waals surface area contributed by atoms with Gasteiger partial charge in [0.25, 0.3) is 5.91 Å². The standard InChI is InChI=1S/C31H31F3N4O2S/c1-20(21-8-6-5-7-9-21)38(28(40)23-12-14-24(15-13-23)30(2,3)4)19-18-26(39)35-29-37-36-27(41-29)22-10-16-25(17-11-22)31(32,33)34/h5-17,20H,18-19H2,1-4H3,(H,35,37,39). The van der Waals surface area contributed by atoms with Gasteiger partial charge in [-0.25, -0.2) is 0 Å². The maximum atomic E-state index is 13.6. The van der Waals surface area contributed by atoms with Crippen LogP contribution in [0.2, 0.25) is 0 Å². The third kappa shape index (κ3) is 7.58. The second-order valence-electron chi connectivity index (χ2n) is 10.7. The molecule has 1 atom stereocenters. The number of carbonyl (C=O) groups excluding carboxylic acids is 2. The van der Waals surface area contributed by atoms with Crippen molar-refractivity contribution in [1.82, 2.24) is 15.1 Å². The van der Waals surface area contributed by atoms with Crippen molar-refractivity contribution in [2.24, 2.45) is 0 Å². The first-order chi connectivity index (χ1) is 19.3. The number of hydrogen-bond acceptors (Lipinski definition) is 5. The number of aromatic nitrogens is 2. The molecule has 2 amide bonds. The fourth-order valence-electron chi connectivity index (χ4n) is 4.26. The zero-order chi connectivity index (χ0) is 29.8. The largest absolute Gasteiger partial charge is 0.416 e. The molecule has 0 aliphatic rings. The average Bonchev–Trinajstić information content (AvgIpc) is 3.41. The fourth-order valence-corrected chi connectivity index (χ4v) is 5.02. The van der Waals surface area contributed by atoms with Gasteiger partial charge in [0.05, 0.1) is 11.6 Å². The third-order valence-corrected chi connectivity index (χ3v) is 7.61. The van der Waals surface area contributed by atoms with Crippen LogP contribution in [0.5, 0.6) is 0 Å². The number of carbonyl (C=O) groups is 2. The summed E-state index contributed by atoms with van der Waals surface area (Å²) in [5.41, 5.74) is 2.25. The molecule has 41 heavy (non-hydrogen) atoms. The van der Waals surface area contributed by atoms with E-state index in [0.29, 0.717) is 16.1 Å². The summed E-state index contributed by atoms with van der Waals surface area (Å²) in [5.74, 6) is -0.545. The number of alkyl halides is 3. The van der Waals surface area contributed by atoms with E-state index in [1.54, 1.807) is 4.90 Å². The molecule has 1 N–H and O–H groups in total. The minimum absolute atomic E-state index is 0.0121. The highest BCUT2D eigenvalue weighted by atomic mass is 32.1. The first-order valence-corrected chi connectivity index (χ1v) is 13.9. The molecular weight excluding hydrogens is 549 g/mol. The molecule has 3 aromatic carbocycles. The van der Waals surface area contributed by atoms with E-state index in [4.69, 9.17) is 0 Å². The van der Waals surface area contributed by atoms with Crippen LogP contribution in [-0.2, 0) is 16.4 Å². The van der Waals surface area contributed by atoms with Crippen LogP contribution < -0.4 is 5.32 Å². The van der Waals surface area contributed by atoms with Crippen molar-refractivity contribution >= 4 is 28.3 Å². The lowest BCUT2D eigenvalue weighted by Crippen LogP contribution is -2.36. The normalized spacial score (nSPS) is 12.6. The van der Waals surface area contributed by atoms with Gasteiger partial charge >= 0.3 is 6.18 Å². The minimum atomic E-state index is -4.43. The molecule has 10 heteroatoms. The maximum absolute atomic E-state index is 13.6. The van der Waals surface area contributed by atoms with Crippen LogP contribution >= 0.6 is 11.3 Å².